The Labute approximate surface area is 439 Å². The number of aliphatic hydroxyl groups excluding tert-OH is 2. The summed E-state index contributed by atoms with van der Waals surface area (Å²) in [5, 5.41) is 31.1. The molecule has 2 aromatic carbocycles. The third kappa shape index (κ3) is 15.5. The number of methoxy groups -OCH3 is 2. The summed E-state index contributed by atoms with van der Waals surface area (Å²) >= 11 is 0. The molecule has 76 heavy (non-hydrogen) atoms. The smallest absolute Gasteiger partial charge is 0.407 e. The van der Waals surface area contributed by atoms with Crippen LogP contribution in [0.3, 0.4) is 0 Å². The third-order valence-corrected chi connectivity index (χ3v) is 13.9. The number of ether oxygens (including phenoxy) is 3. The number of rotatable bonds is 21. The number of amides is 3. The Hall–Kier alpha value is -6.26. The van der Waals surface area contributed by atoms with Crippen LogP contribution in [0, 0.1) is 22.7 Å². The third-order valence-electron chi connectivity index (χ3n) is 13.9. The van der Waals surface area contributed by atoms with E-state index in [0.717, 1.165) is 78.3 Å². The first-order valence-corrected chi connectivity index (χ1v) is 24.8. The summed E-state index contributed by atoms with van der Waals surface area (Å²) < 4.78 is 84.4. The lowest BCUT2D eigenvalue weighted by Crippen LogP contribution is -2.63. The predicted molar refractivity (Wildman–Crippen MR) is 274 cm³/mol. The van der Waals surface area contributed by atoms with E-state index in [2.05, 4.69) is 47.4 Å². The largest absolute Gasteiger partial charge is 0.453 e. The van der Waals surface area contributed by atoms with E-state index in [4.69, 9.17) is 20.2 Å². The van der Waals surface area contributed by atoms with E-state index in [9.17, 15) is 46.5 Å². The number of benzene rings is 2. The molecule has 3 saturated heterocycles. The SMILES string of the molecule is COC(=O)NC(C(=O)NC(Cc1ccc(C#Cc2ccc(N3CC4CCC(C3)N4C3COC3)nc2)cc1)C(O)CN(Cc1ccc(C(C=NC(F)F)=CN)cc1)NC(=O)C(NC(O)OC)C(C)(C)C)C(C)(C)C(F)(F)F. The number of hydrogen-bond donors (Lipinski definition) is 7. The molecule has 4 heterocycles. The number of carbonyl (C=O) groups is 3. The first-order chi connectivity index (χ1) is 35.9. The Morgan fingerprint density at radius 2 is 1.50 bits per heavy atom. The highest BCUT2D eigenvalue weighted by Crippen LogP contribution is 2.41. The zero-order chi connectivity index (χ0) is 55.5. The highest BCUT2D eigenvalue weighted by molar-refractivity contribution is 6.09. The number of hydrogen-bond acceptors (Lipinski definition) is 15. The van der Waals surface area contributed by atoms with E-state index >= 15 is 0 Å². The molecule has 0 spiro atoms. The Balaban J connectivity index is 1.26. The molecule has 7 unspecified atom stereocenters. The minimum absolute atomic E-state index is 0.145. The second kappa shape index (κ2) is 25.7. The molecule has 6 rings (SSSR count). The van der Waals surface area contributed by atoms with Crippen molar-refractivity contribution < 1.29 is 60.8 Å². The van der Waals surface area contributed by atoms with Crippen LogP contribution in [0.5, 0.6) is 0 Å². The van der Waals surface area contributed by atoms with Gasteiger partial charge < -0.3 is 45.7 Å². The van der Waals surface area contributed by atoms with E-state index in [1.54, 1.807) is 75.5 Å². The molecule has 7 atom stereocenters. The topological polar surface area (TPSA) is 228 Å². The van der Waals surface area contributed by atoms with Gasteiger partial charge in [0.2, 0.25) is 12.3 Å². The Kier molecular flexibility index (Phi) is 20.0. The number of allylic oxidation sites excluding steroid dienone is 1. The van der Waals surface area contributed by atoms with Crippen molar-refractivity contribution in [2.45, 2.75) is 122 Å². The van der Waals surface area contributed by atoms with E-state index < -0.39 is 78.7 Å². The second-order valence-electron chi connectivity index (χ2n) is 20.7. The van der Waals surface area contributed by atoms with Gasteiger partial charge in [-0.1, -0.05) is 69.0 Å². The summed E-state index contributed by atoms with van der Waals surface area (Å²) in [7, 11) is 2.15. The fraction of sp³-hybridized carbons (Fsp3) is 0.528. The number of alkyl halides is 5. The molecule has 3 aromatic rings. The summed E-state index contributed by atoms with van der Waals surface area (Å²) in [6, 6.07) is 13.7. The molecule has 1 aromatic heterocycles. The van der Waals surface area contributed by atoms with Crippen LogP contribution in [0.1, 0.15) is 75.3 Å². The van der Waals surface area contributed by atoms with Gasteiger partial charge in [0.05, 0.1) is 50.0 Å². The van der Waals surface area contributed by atoms with Crippen molar-refractivity contribution in [3.8, 4) is 11.8 Å². The van der Waals surface area contributed by atoms with Crippen LogP contribution >= 0.6 is 0 Å². The quantitative estimate of drug-likeness (QED) is 0.0197. The summed E-state index contributed by atoms with van der Waals surface area (Å²) in [4.78, 5) is 53.4. The fourth-order valence-electron chi connectivity index (χ4n) is 9.37. The number of pyridine rings is 1. The number of nitrogens with one attached hydrogen (secondary N) is 4. The molecule has 3 fully saturated rings. The number of halogens is 5. The van der Waals surface area contributed by atoms with Gasteiger partial charge in [-0.05, 0) is 79.5 Å². The molecule has 414 valence electrons. The van der Waals surface area contributed by atoms with E-state index in [0.29, 0.717) is 45.9 Å². The number of aliphatic hydroxyl groups is 2. The number of hydrazine groups is 1. The van der Waals surface area contributed by atoms with Gasteiger partial charge in [-0.3, -0.25) is 25.2 Å². The van der Waals surface area contributed by atoms with Crippen molar-refractivity contribution in [2.24, 2.45) is 21.6 Å². The summed E-state index contributed by atoms with van der Waals surface area (Å²) in [5.74, 6) is 5.16. The van der Waals surface area contributed by atoms with Crippen LogP contribution in [-0.4, -0.2) is 158 Å². The lowest BCUT2D eigenvalue weighted by Gasteiger charge is -2.47. The minimum Gasteiger partial charge on any atom is -0.453 e. The van der Waals surface area contributed by atoms with E-state index in [-0.39, 0.29) is 18.5 Å². The average molecular weight is 1070 g/mol. The first kappa shape index (κ1) is 59.0. The van der Waals surface area contributed by atoms with Gasteiger partial charge in [-0.15, -0.1) is 0 Å². The molecule has 8 N–H and O–H groups in total. The second-order valence-corrected chi connectivity index (χ2v) is 20.7. The van der Waals surface area contributed by atoms with Crippen LogP contribution in [0.4, 0.5) is 32.6 Å². The molecule has 0 saturated carbocycles. The molecule has 18 nitrogen and oxygen atoms in total. The van der Waals surface area contributed by atoms with Gasteiger partial charge in [0.1, 0.15) is 11.9 Å². The number of fused-ring (bicyclic) bond motifs is 2. The Morgan fingerprint density at radius 1 is 0.882 bits per heavy atom. The summed E-state index contributed by atoms with van der Waals surface area (Å²) in [6.45, 7) is 6.44. The van der Waals surface area contributed by atoms with Crippen molar-refractivity contribution in [1.29, 1.82) is 0 Å². The molecule has 23 heteroatoms. The molecule has 3 aliphatic rings. The lowest BCUT2D eigenvalue weighted by atomic mass is 9.82. The number of aromatic nitrogens is 1. The van der Waals surface area contributed by atoms with Gasteiger partial charge in [0.25, 0.3) is 5.91 Å². The number of carbonyl (C=O) groups excluding carboxylic acids is 3. The Bertz CT molecular complexity index is 2540. The first-order valence-electron chi connectivity index (χ1n) is 24.8. The van der Waals surface area contributed by atoms with Gasteiger partial charge in [0.15, 0.2) is 0 Å². The molecular weight excluding hydrogens is 1000 g/mol. The molecule has 0 radical (unpaired) electrons. The normalized spacial score (nSPS) is 19.6. The van der Waals surface area contributed by atoms with Crippen molar-refractivity contribution in [3.05, 3.63) is 101 Å². The minimum atomic E-state index is -5.01. The highest BCUT2D eigenvalue weighted by atomic mass is 19.4. The number of nitrogens with two attached hydrogens (primary N) is 1. The molecule has 2 bridgehead atoms. The standard InChI is InChI=1S/C53H69F5N10O8/c1-51(2,3)44(63-49(72)74-6)47(71)65-67(26-35-14-17-36(18-15-35)37(23-59)25-61-48(54)55)29-42(69)41(62-46(70)45(64-50(73)75-7)52(4,5)53(56,57)58)22-33-11-8-32(9-12-33)10-13-34-16-21-43(60-24-34)66-27-38-19-20-39(28-66)68(38)40-30-76-31-40/h8-9,11-12,14-18,21,23-25,38-42,44-45,48-49,63,69,72H,19-20,22,26-31,59H2,1-7H3,(H,62,70)(H,64,73)(H,65,71). The Morgan fingerprint density at radius 3 is 2.03 bits per heavy atom. The van der Waals surface area contributed by atoms with Gasteiger partial charge in [-0.25, -0.2) is 19.8 Å². The number of aliphatic imine (C=N–C) groups is 1. The maximum absolute atomic E-state index is 14.6. The number of piperazine rings is 1. The van der Waals surface area contributed by atoms with Crippen LogP contribution in [0.15, 0.2) is 78.1 Å². The molecule has 3 aliphatic heterocycles. The van der Waals surface area contributed by atoms with Crippen molar-refractivity contribution >= 4 is 35.5 Å². The molecular formula is C53H69F5N10O8. The summed E-state index contributed by atoms with van der Waals surface area (Å²) in [5.41, 5.74) is 7.68. The zero-order valence-electron chi connectivity index (χ0n) is 43.6. The number of anilines is 1. The lowest BCUT2D eigenvalue weighted by molar-refractivity contribution is -0.220. The average Bonchev–Trinajstić information content (AvgIpc) is 3.59. The fourth-order valence-corrected chi connectivity index (χ4v) is 9.37. The van der Waals surface area contributed by atoms with Gasteiger partial charge in [0, 0.05) is 80.7 Å². The predicted octanol–water partition coefficient (Wildman–Crippen LogP) is 4.29. The van der Waals surface area contributed by atoms with E-state index in [1.165, 1.54) is 12.1 Å². The maximum atomic E-state index is 14.6. The van der Waals surface area contributed by atoms with Crippen molar-refractivity contribution in [2.75, 3.05) is 52.0 Å². The number of nitrogens with zero attached hydrogens (tertiary/aromatic N) is 5. The van der Waals surface area contributed by atoms with Crippen molar-refractivity contribution in [3.63, 3.8) is 0 Å². The zero-order valence-corrected chi connectivity index (χ0v) is 43.6. The van der Waals surface area contributed by atoms with Gasteiger partial charge >= 0.3 is 18.8 Å². The molecule has 0 aliphatic carbocycles. The van der Waals surface area contributed by atoms with E-state index in [1.807, 2.05) is 17.4 Å². The highest BCUT2D eigenvalue weighted by Gasteiger charge is 2.56. The van der Waals surface area contributed by atoms with Crippen molar-refractivity contribution in [1.82, 2.24) is 36.3 Å². The summed E-state index contributed by atoms with van der Waals surface area (Å²) in [6.07, 6.45) is -3.66. The maximum Gasteiger partial charge on any atom is 0.407 e. The van der Waals surface area contributed by atoms with Crippen LogP contribution < -0.4 is 32.0 Å². The van der Waals surface area contributed by atoms with Crippen LogP contribution in [0.25, 0.3) is 5.57 Å². The van der Waals surface area contributed by atoms with Crippen LogP contribution in [0.2, 0.25) is 0 Å². The van der Waals surface area contributed by atoms with Crippen LogP contribution in [-0.2, 0) is 36.8 Å². The van der Waals surface area contributed by atoms with Gasteiger partial charge in [-0.2, -0.15) is 22.0 Å². The number of alkyl carbamates (subject to hydrolysis) is 1. The molecule has 3 amide bonds. The monoisotopic (exact) mass is 1070 g/mol.